The topological polar surface area (TPSA) is 89.0 Å². The standard InChI is InChI=1S/C21H18N2O6/c1-25-14-19(20(24)26-2)29-18-10-4-3-9-17(18)27-15-7-5-8-16(13-15)28-21-22-11-6-12-23-21/h3-14H,1-2H3. The molecular formula is C21H18N2O6. The van der Waals surface area contributed by atoms with E-state index in [9.17, 15) is 4.79 Å². The molecule has 0 spiro atoms. The molecule has 8 heteroatoms. The molecule has 0 saturated heterocycles. The fraction of sp³-hybridized carbons (Fsp3) is 0.0952. The van der Waals surface area contributed by atoms with Gasteiger partial charge in [0.1, 0.15) is 17.8 Å². The first-order valence-corrected chi connectivity index (χ1v) is 8.50. The molecule has 148 valence electrons. The number of aromatic nitrogens is 2. The maximum atomic E-state index is 11.8. The van der Waals surface area contributed by atoms with Crippen molar-refractivity contribution in [2.75, 3.05) is 14.2 Å². The van der Waals surface area contributed by atoms with Crippen LogP contribution in [0, 0.1) is 0 Å². The largest absolute Gasteiger partial charge is 0.500 e. The van der Waals surface area contributed by atoms with E-state index in [1.165, 1.54) is 14.2 Å². The van der Waals surface area contributed by atoms with E-state index >= 15 is 0 Å². The number of rotatable bonds is 8. The average molecular weight is 394 g/mol. The number of benzene rings is 2. The lowest BCUT2D eigenvalue weighted by Gasteiger charge is -2.13. The smallest absolute Gasteiger partial charge is 0.377 e. The molecule has 0 aliphatic carbocycles. The van der Waals surface area contributed by atoms with Crippen LogP contribution in [-0.4, -0.2) is 30.2 Å². The summed E-state index contributed by atoms with van der Waals surface area (Å²) in [5, 5.41) is 0. The third-order valence-electron chi connectivity index (χ3n) is 3.47. The highest BCUT2D eigenvalue weighted by Gasteiger charge is 2.16. The lowest BCUT2D eigenvalue weighted by atomic mass is 10.3. The van der Waals surface area contributed by atoms with Gasteiger partial charge >= 0.3 is 12.0 Å². The van der Waals surface area contributed by atoms with Gasteiger partial charge in [-0.25, -0.2) is 14.8 Å². The number of carbonyl (C=O) groups is 1. The molecule has 1 aromatic heterocycles. The van der Waals surface area contributed by atoms with E-state index in [4.69, 9.17) is 18.9 Å². The Morgan fingerprint density at radius 3 is 2.24 bits per heavy atom. The molecule has 0 aliphatic rings. The average Bonchev–Trinajstić information content (AvgIpc) is 2.75. The van der Waals surface area contributed by atoms with E-state index in [0.717, 1.165) is 6.26 Å². The van der Waals surface area contributed by atoms with Gasteiger partial charge in [0.05, 0.1) is 14.2 Å². The quantitative estimate of drug-likeness (QED) is 0.320. The number of carbonyl (C=O) groups excluding carboxylic acids is 1. The molecule has 0 fully saturated rings. The molecule has 3 rings (SSSR count). The first-order chi connectivity index (χ1) is 14.2. The van der Waals surface area contributed by atoms with Gasteiger partial charge < -0.3 is 23.7 Å². The Balaban J connectivity index is 1.80. The minimum atomic E-state index is -0.681. The van der Waals surface area contributed by atoms with Gasteiger partial charge in [0.2, 0.25) is 5.76 Å². The van der Waals surface area contributed by atoms with Crippen LogP contribution in [0.15, 0.2) is 79.0 Å². The van der Waals surface area contributed by atoms with Crippen molar-refractivity contribution >= 4 is 5.97 Å². The Hall–Kier alpha value is -4.07. The number of nitrogens with zero attached hydrogens (tertiary/aromatic N) is 2. The number of methoxy groups -OCH3 is 2. The van der Waals surface area contributed by atoms with Crippen LogP contribution in [0.25, 0.3) is 0 Å². The molecular weight excluding hydrogens is 376 g/mol. The molecule has 0 aliphatic heterocycles. The van der Waals surface area contributed by atoms with Crippen molar-refractivity contribution < 1.29 is 28.5 Å². The van der Waals surface area contributed by atoms with Gasteiger partial charge in [0, 0.05) is 18.5 Å². The second-order valence-electron chi connectivity index (χ2n) is 5.47. The zero-order valence-electron chi connectivity index (χ0n) is 15.8. The Kier molecular flexibility index (Phi) is 6.62. The summed E-state index contributed by atoms with van der Waals surface area (Å²) >= 11 is 0. The minimum Gasteiger partial charge on any atom is -0.500 e. The summed E-state index contributed by atoms with van der Waals surface area (Å²) in [6, 6.07) is 15.7. The van der Waals surface area contributed by atoms with Crippen molar-refractivity contribution in [3.63, 3.8) is 0 Å². The Labute approximate surface area is 167 Å². The van der Waals surface area contributed by atoms with Gasteiger partial charge in [-0.3, -0.25) is 0 Å². The number of hydrogen-bond donors (Lipinski definition) is 0. The second-order valence-corrected chi connectivity index (χ2v) is 5.47. The highest BCUT2D eigenvalue weighted by Crippen LogP contribution is 2.34. The molecule has 1 heterocycles. The van der Waals surface area contributed by atoms with Crippen LogP contribution in [-0.2, 0) is 14.3 Å². The summed E-state index contributed by atoms with van der Waals surface area (Å²) in [4.78, 5) is 19.9. The molecule has 0 unspecified atom stereocenters. The molecule has 2 aromatic carbocycles. The van der Waals surface area contributed by atoms with Crippen molar-refractivity contribution in [1.29, 1.82) is 0 Å². The van der Waals surface area contributed by atoms with E-state index in [2.05, 4.69) is 14.7 Å². The lowest BCUT2D eigenvalue weighted by Crippen LogP contribution is -2.11. The zero-order chi connectivity index (χ0) is 20.5. The van der Waals surface area contributed by atoms with E-state index < -0.39 is 5.97 Å². The van der Waals surface area contributed by atoms with Gasteiger partial charge in [-0.1, -0.05) is 18.2 Å². The summed E-state index contributed by atoms with van der Waals surface area (Å²) in [6.45, 7) is 0. The predicted octanol–water partition coefficient (Wildman–Crippen LogP) is 4.10. The highest BCUT2D eigenvalue weighted by molar-refractivity contribution is 5.86. The van der Waals surface area contributed by atoms with E-state index in [-0.39, 0.29) is 11.8 Å². The molecule has 0 radical (unpaired) electrons. The van der Waals surface area contributed by atoms with Crippen LogP contribution in [0.2, 0.25) is 0 Å². The molecule has 3 aromatic rings. The number of hydrogen-bond acceptors (Lipinski definition) is 8. The fourth-order valence-electron chi connectivity index (χ4n) is 2.23. The summed E-state index contributed by atoms with van der Waals surface area (Å²) in [6.07, 6.45) is 4.32. The van der Waals surface area contributed by atoms with Crippen LogP contribution >= 0.6 is 0 Å². The van der Waals surface area contributed by atoms with Crippen molar-refractivity contribution in [2.45, 2.75) is 0 Å². The van der Waals surface area contributed by atoms with Gasteiger partial charge in [-0.15, -0.1) is 0 Å². The van der Waals surface area contributed by atoms with Crippen LogP contribution in [0.1, 0.15) is 0 Å². The molecule has 29 heavy (non-hydrogen) atoms. The van der Waals surface area contributed by atoms with Crippen LogP contribution in [0.4, 0.5) is 0 Å². The third kappa shape index (κ3) is 5.46. The van der Waals surface area contributed by atoms with Crippen molar-refractivity contribution in [1.82, 2.24) is 9.97 Å². The van der Waals surface area contributed by atoms with Gasteiger partial charge in [0.25, 0.3) is 0 Å². The van der Waals surface area contributed by atoms with E-state index in [0.29, 0.717) is 23.0 Å². The predicted molar refractivity (Wildman–Crippen MR) is 103 cm³/mol. The second kappa shape index (κ2) is 9.75. The molecule has 8 nitrogen and oxygen atoms in total. The van der Waals surface area contributed by atoms with Crippen LogP contribution in [0.5, 0.6) is 29.0 Å². The van der Waals surface area contributed by atoms with Gasteiger partial charge in [-0.05, 0) is 30.3 Å². The first-order valence-electron chi connectivity index (χ1n) is 8.50. The summed E-state index contributed by atoms with van der Waals surface area (Å²) in [7, 11) is 2.65. The zero-order valence-corrected chi connectivity index (χ0v) is 15.8. The monoisotopic (exact) mass is 394 g/mol. The van der Waals surface area contributed by atoms with Crippen molar-refractivity contribution in [3.8, 4) is 29.0 Å². The maximum absolute atomic E-state index is 11.8. The Morgan fingerprint density at radius 2 is 1.55 bits per heavy atom. The lowest BCUT2D eigenvalue weighted by molar-refractivity contribution is -0.138. The van der Waals surface area contributed by atoms with Crippen LogP contribution in [0.3, 0.4) is 0 Å². The minimum absolute atomic E-state index is 0.121. The fourth-order valence-corrected chi connectivity index (χ4v) is 2.23. The number of esters is 1. The molecule has 0 saturated carbocycles. The molecule has 0 atom stereocenters. The van der Waals surface area contributed by atoms with Crippen molar-refractivity contribution in [2.24, 2.45) is 0 Å². The Morgan fingerprint density at radius 1 is 0.862 bits per heavy atom. The van der Waals surface area contributed by atoms with E-state index in [1.807, 2.05) is 0 Å². The van der Waals surface area contributed by atoms with Crippen molar-refractivity contribution in [3.05, 3.63) is 79.0 Å². The van der Waals surface area contributed by atoms with Gasteiger partial charge in [-0.2, -0.15) is 0 Å². The molecule has 0 amide bonds. The van der Waals surface area contributed by atoms with E-state index in [1.54, 1.807) is 67.0 Å². The highest BCUT2D eigenvalue weighted by atomic mass is 16.6. The van der Waals surface area contributed by atoms with Crippen LogP contribution < -0.4 is 14.2 Å². The SMILES string of the molecule is COC=C(Oc1ccccc1Oc1cccc(Oc2ncccn2)c1)C(=O)OC. The Bertz CT molecular complexity index is 991. The first kappa shape index (κ1) is 19.7. The molecule has 0 N–H and O–H groups in total. The summed E-state index contributed by atoms with van der Waals surface area (Å²) < 4.78 is 26.7. The molecule has 0 bridgehead atoms. The summed E-state index contributed by atoms with van der Waals surface area (Å²) in [5.41, 5.74) is 0. The van der Waals surface area contributed by atoms with Gasteiger partial charge in [0.15, 0.2) is 11.5 Å². The number of para-hydroxylation sites is 2. The normalized spacial score (nSPS) is 10.8. The maximum Gasteiger partial charge on any atom is 0.377 e. The third-order valence-corrected chi connectivity index (χ3v) is 3.47. The summed E-state index contributed by atoms with van der Waals surface area (Å²) in [5.74, 6) is 0.876. The number of ether oxygens (including phenoxy) is 5.